The third-order valence-electron chi connectivity index (χ3n) is 3.83. The Hall–Kier alpha value is -2.70. The Bertz CT molecular complexity index is 1120. The lowest BCUT2D eigenvalue weighted by Gasteiger charge is -2.00. The van der Waals surface area contributed by atoms with Crippen molar-refractivity contribution in [2.24, 2.45) is 12.1 Å². The molecule has 2 aromatic carbocycles. The van der Waals surface area contributed by atoms with Crippen LogP contribution in [0.15, 0.2) is 47.6 Å². The number of aryl methyl sites for hydroxylation is 1. The number of nitrogens with one attached hydrogen (secondary N) is 1. The zero-order valence-corrected chi connectivity index (χ0v) is 14.6. The highest BCUT2D eigenvalue weighted by atomic mass is 35.5. The molecule has 8 heteroatoms. The first kappa shape index (κ1) is 15.8. The molecule has 2 aromatic heterocycles. The predicted octanol–water partition coefficient (Wildman–Crippen LogP) is 4.27. The van der Waals surface area contributed by atoms with Crippen molar-refractivity contribution < 1.29 is 0 Å². The number of hydrazone groups is 1. The van der Waals surface area contributed by atoms with E-state index >= 15 is 0 Å². The molecule has 2 heterocycles. The maximum absolute atomic E-state index is 6.10. The third kappa shape index (κ3) is 2.90. The molecule has 0 bridgehead atoms. The van der Waals surface area contributed by atoms with Crippen molar-refractivity contribution in [2.75, 3.05) is 5.43 Å². The molecule has 6 nitrogen and oxygen atoms in total. The van der Waals surface area contributed by atoms with Gasteiger partial charge in [-0.25, -0.2) is 5.43 Å². The summed E-state index contributed by atoms with van der Waals surface area (Å²) in [7, 11) is 1.94. The van der Waals surface area contributed by atoms with E-state index in [9.17, 15) is 0 Å². The Labute approximate surface area is 153 Å². The molecule has 0 atom stereocenters. The number of para-hydroxylation sites is 1. The van der Waals surface area contributed by atoms with Gasteiger partial charge in [0.05, 0.1) is 11.7 Å². The summed E-state index contributed by atoms with van der Waals surface area (Å²) in [6, 6.07) is 13.1. The second-order valence-electron chi connectivity index (χ2n) is 5.42. The fourth-order valence-electron chi connectivity index (χ4n) is 2.63. The van der Waals surface area contributed by atoms with Gasteiger partial charge in [-0.15, -0.1) is 10.2 Å². The lowest BCUT2D eigenvalue weighted by Crippen LogP contribution is -2.01. The summed E-state index contributed by atoms with van der Waals surface area (Å²) in [4.78, 5) is 4.49. The normalized spacial score (nSPS) is 11.6. The van der Waals surface area contributed by atoms with Crippen LogP contribution >= 0.6 is 23.2 Å². The zero-order chi connectivity index (χ0) is 17.4. The minimum atomic E-state index is 0.299. The van der Waals surface area contributed by atoms with E-state index < -0.39 is 0 Å². The number of anilines is 1. The van der Waals surface area contributed by atoms with Gasteiger partial charge in [-0.2, -0.15) is 10.1 Å². The molecule has 1 N–H and O–H groups in total. The van der Waals surface area contributed by atoms with Crippen LogP contribution in [0.3, 0.4) is 0 Å². The monoisotopic (exact) mass is 370 g/mol. The van der Waals surface area contributed by atoms with Gasteiger partial charge in [0.15, 0.2) is 5.65 Å². The number of aromatic nitrogens is 4. The molecule has 0 saturated heterocycles. The SMILES string of the molecule is Cn1c2ccccc2c2nnc(NN=Cc3cc(Cl)ccc3Cl)nc21. The average Bonchev–Trinajstić information content (AvgIpc) is 2.91. The Kier molecular flexibility index (Phi) is 3.99. The summed E-state index contributed by atoms with van der Waals surface area (Å²) in [6.45, 7) is 0. The van der Waals surface area contributed by atoms with Crippen LogP contribution in [0.4, 0.5) is 5.95 Å². The van der Waals surface area contributed by atoms with Crippen molar-refractivity contribution in [1.29, 1.82) is 0 Å². The Morgan fingerprint density at radius 1 is 1.12 bits per heavy atom. The summed E-state index contributed by atoms with van der Waals surface area (Å²) in [5.74, 6) is 0.299. The molecule has 25 heavy (non-hydrogen) atoms. The smallest absolute Gasteiger partial charge is 0.265 e. The first-order valence-corrected chi connectivity index (χ1v) is 8.21. The molecule has 0 aliphatic heterocycles. The highest BCUT2D eigenvalue weighted by Crippen LogP contribution is 2.25. The molecule has 0 amide bonds. The molecule has 0 aliphatic rings. The number of fused-ring (bicyclic) bond motifs is 3. The van der Waals surface area contributed by atoms with E-state index in [-0.39, 0.29) is 0 Å². The van der Waals surface area contributed by atoms with Gasteiger partial charge in [0.1, 0.15) is 5.52 Å². The maximum atomic E-state index is 6.10. The number of hydrogen-bond acceptors (Lipinski definition) is 5. The van der Waals surface area contributed by atoms with Crippen LogP contribution in [0.25, 0.3) is 22.1 Å². The molecule has 0 saturated carbocycles. The van der Waals surface area contributed by atoms with Crippen LogP contribution in [-0.2, 0) is 7.05 Å². The van der Waals surface area contributed by atoms with E-state index in [2.05, 4.69) is 25.7 Å². The highest BCUT2D eigenvalue weighted by Gasteiger charge is 2.11. The van der Waals surface area contributed by atoms with Crippen molar-refractivity contribution >= 4 is 57.4 Å². The fourth-order valence-corrected chi connectivity index (χ4v) is 2.97. The Morgan fingerprint density at radius 3 is 2.84 bits per heavy atom. The maximum Gasteiger partial charge on any atom is 0.265 e. The second-order valence-corrected chi connectivity index (χ2v) is 6.26. The number of benzene rings is 2. The number of nitrogens with zero attached hydrogens (tertiary/aromatic N) is 5. The van der Waals surface area contributed by atoms with Crippen LogP contribution in [0.2, 0.25) is 10.0 Å². The first-order valence-electron chi connectivity index (χ1n) is 7.45. The first-order chi connectivity index (χ1) is 12.1. The van der Waals surface area contributed by atoms with Gasteiger partial charge >= 0.3 is 0 Å². The van der Waals surface area contributed by atoms with E-state index in [1.54, 1.807) is 24.4 Å². The summed E-state index contributed by atoms with van der Waals surface area (Å²) >= 11 is 12.1. The van der Waals surface area contributed by atoms with Crippen LogP contribution in [-0.4, -0.2) is 26.0 Å². The van der Waals surface area contributed by atoms with E-state index in [4.69, 9.17) is 23.2 Å². The minimum Gasteiger partial charge on any atom is -0.327 e. The molecule has 4 rings (SSSR count). The molecule has 0 unspecified atom stereocenters. The van der Waals surface area contributed by atoms with Gasteiger partial charge in [-0.05, 0) is 24.3 Å². The molecule has 124 valence electrons. The largest absolute Gasteiger partial charge is 0.327 e. The Morgan fingerprint density at radius 2 is 1.96 bits per heavy atom. The minimum absolute atomic E-state index is 0.299. The van der Waals surface area contributed by atoms with Crippen molar-refractivity contribution in [3.8, 4) is 0 Å². The summed E-state index contributed by atoms with van der Waals surface area (Å²) in [5, 5.41) is 14.6. The fraction of sp³-hybridized carbons (Fsp3) is 0.0588. The van der Waals surface area contributed by atoms with E-state index in [0.717, 1.165) is 22.1 Å². The number of rotatable bonds is 3. The topological polar surface area (TPSA) is 68.0 Å². The van der Waals surface area contributed by atoms with E-state index in [1.165, 1.54) is 0 Å². The lowest BCUT2D eigenvalue weighted by molar-refractivity contribution is 0.949. The zero-order valence-electron chi connectivity index (χ0n) is 13.1. The van der Waals surface area contributed by atoms with Gasteiger partial charge in [0.25, 0.3) is 5.95 Å². The van der Waals surface area contributed by atoms with Crippen molar-refractivity contribution in [2.45, 2.75) is 0 Å². The summed E-state index contributed by atoms with van der Waals surface area (Å²) in [5.41, 5.74) is 6.00. The molecule has 4 aromatic rings. The summed E-state index contributed by atoms with van der Waals surface area (Å²) in [6.07, 6.45) is 1.56. The summed E-state index contributed by atoms with van der Waals surface area (Å²) < 4.78 is 1.97. The molecule has 0 fully saturated rings. The quantitative estimate of drug-likeness (QED) is 0.431. The van der Waals surface area contributed by atoms with Crippen molar-refractivity contribution in [3.05, 3.63) is 58.1 Å². The number of halogens is 2. The van der Waals surface area contributed by atoms with Gasteiger partial charge in [-0.1, -0.05) is 41.4 Å². The molecule has 0 radical (unpaired) electrons. The van der Waals surface area contributed by atoms with Gasteiger partial charge < -0.3 is 4.57 Å². The molecular weight excluding hydrogens is 359 g/mol. The van der Waals surface area contributed by atoms with E-state index in [1.807, 2.05) is 35.9 Å². The van der Waals surface area contributed by atoms with Gasteiger partial charge in [0.2, 0.25) is 0 Å². The molecule has 0 spiro atoms. The van der Waals surface area contributed by atoms with Gasteiger partial charge in [0, 0.05) is 28.0 Å². The van der Waals surface area contributed by atoms with Crippen LogP contribution in [0, 0.1) is 0 Å². The average molecular weight is 371 g/mol. The Balaban J connectivity index is 1.66. The second kappa shape index (κ2) is 6.31. The number of hydrogen-bond donors (Lipinski definition) is 1. The molecular formula is C17H12Cl2N6. The van der Waals surface area contributed by atoms with Crippen LogP contribution in [0.1, 0.15) is 5.56 Å². The third-order valence-corrected chi connectivity index (χ3v) is 4.41. The standard InChI is InChI=1S/C17H12Cl2N6/c1-25-14-5-3-2-4-12(14)15-16(25)21-17(24-22-15)23-20-9-10-8-11(18)6-7-13(10)19/h2-9H,1H3,(H,21,23,24). The lowest BCUT2D eigenvalue weighted by atomic mass is 10.2. The predicted molar refractivity (Wildman–Crippen MR) is 101 cm³/mol. The highest BCUT2D eigenvalue weighted by molar-refractivity contribution is 6.35. The van der Waals surface area contributed by atoms with Crippen LogP contribution < -0.4 is 5.43 Å². The van der Waals surface area contributed by atoms with Crippen molar-refractivity contribution in [3.63, 3.8) is 0 Å². The van der Waals surface area contributed by atoms with Crippen molar-refractivity contribution in [1.82, 2.24) is 19.7 Å². The molecule has 0 aliphatic carbocycles. The van der Waals surface area contributed by atoms with E-state index in [0.29, 0.717) is 21.6 Å². The van der Waals surface area contributed by atoms with Crippen LogP contribution in [0.5, 0.6) is 0 Å². The van der Waals surface area contributed by atoms with Gasteiger partial charge in [-0.3, -0.25) is 0 Å².